The number of likely N-dealkylation sites (tertiary alicyclic amines) is 2. The van der Waals surface area contributed by atoms with Gasteiger partial charge in [0.05, 0.1) is 17.9 Å². The summed E-state index contributed by atoms with van der Waals surface area (Å²) in [5, 5.41) is 0.435. The topological polar surface area (TPSA) is 79.8 Å². The molecule has 3 amide bonds. The fourth-order valence-electron chi connectivity index (χ4n) is 6.54. The third-order valence-electron chi connectivity index (χ3n) is 8.50. The first-order chi connectivity index (χ1) is 19.4. The molecule has 212 valence electrons. The SMILES string of the molecule is C[C@H](c1ccc(C(=C2CC3(C2)CN(C(=O)OC(C)(C)C)C3)c2ccc(Cl)nc2)cc1)N1C(=O)C2C=CC=CC2C1=O. The predicted molar refractivity (Wildman–Crippen MR) is 157 cm³/mol. The number of hydrogen-bond acceptors (Lipinski definition) is 5. The number of allylic oxidation sites excluding steroid dienone is 3. The number of halogens is 1. The maximum absolute atomic E-state index is 13.1. The normalized spacial score (nSPS) is 23.3. The van der Waals surface area contributed by atoms with E-state index in [4.69, 9.17) is 16.3 Å². The summed E-state index contributed by atoms with van der Waals surface area (Å²) < 4.78 is 5.54. The number of carbonyl (C=O) groups is 3. The zero-order valence-electron chi connectivity index (χ0n) is 23.8. The number of nitrogens with zero attached hydrogens (tertiary/aromatic N) is 3. The van der Waals surface area contributed by atoms with Crippen LogP contribution in [-0.4, -0.2) is 51.4 Å². The van der Waals surface area contributed by atoms with Crippen LogP contribution in [0.3, 0.4) is 0 Å². The minimum Gasteiger partial charge on any atom is -0.444 e. The Hall–Kier alpha value is -3.71. The Labute approximate surface area is 245 Å². The van der Waals surface area contributed by atoms with Gasteiger partial charge < -0.3 is 9.64 Å². The maximum Gasteiger partial charge on any atom is 0.410 e. The largest absolute Gasteiger partial charge is 0.444 e. The molecule has 3 heterocycles. The predicted octanol–water partition coefficient (Wildman–Crippen LogP) is 6.36. The fraction of sp³-hybridized carbons (Fsp3) is 0.394. The highest BCUT2D eigenvalue weighted by atomic mass is 35.5. The average Bonchev–Trinajstić information content (AvgIpc) is 3.14. The lowest BCUT2D eigenvalue weighted by atomic mass is 9.59. The molecule has 1 aromatic carbocycles. The van der Waals surface area contributed by atoms with Gasteiger partial charge in [-0.25, -0.2) is 9.78 Å². The lowest BCUT2D eigenvalue weighted by molar-refractivity contribution is -0.141. The quantitative estimate of drug-likeness (QED) is 0.315. The van der Waals surface area contributed by atoms with Gasteiger partial charge in [-0.2, -0.15) is 0 Å². The molecule has 1 aromatic heterocycles. The van der Waals surface area contributed by atoms with Gasteiger partial charge in [-0.05, 0) is 69.4 Å². The number of amides is 3. The number of rotatable bonds is 4. The number of aromatic nitrogens is 1. The molecule has 3 fully saturated rings. The van der Waals surface area contributed by atoms with E-state index in [1.807, 2.05) is 70.2 Å². The standard InChI is InChI=1S/C33H34ClN3O4/c1-20(37-29(38)25-7-5-6-8-26(25)30(37)39)21-9-11-22(12-10-21)28(23-13-14-27(34)35-17-23)24-15-33(16-24)18-36(19-33)31(40)41-32(2,3)4/h5-14,17,20,25-26H,15-16,18-19H2,1-4H3/t20-,25?,26?/m1/s1. The molecule has 8 heteroatoms. The summed E-state index contributed by atoms with van der Waals surface area (Å²) in [6.07, 6.45) is 10.6. The van der Waals surface area contributed by atoms with Gasteiger partial charge >= 0.3 is 6.09 Å². The number of pyridine rings is 1. The molecule has 0 bridgehead atoms. The number of benzene rings is 1. The number of ether oxygens (including phenoxy) is 1. The van der Waals surface area contributed by atoms with Crippen LogP contribution in [0, 0.1) is 17.3 Å². The van der Waals surface area contributed by atoms with Crippen molar-refractivity contribution in [1.29, 1.82) is 0 Å². The van der Waals surface area contributed by atoms with Crippen LogP contribution in [0.15, 0.2) is 72.5 Å². The summed E-state index contributed by atoms with van der Waals surface area (Å²) >= 11 is 6.10. The van der Waals surface area contributed by atoms with E-state index in [1.165, 1.54) is 10.5 Å². The molecule has 2 aliphatic carbocycles. The minimum absolute atomic E-state index is 0.0853. The van der Waals surface area contributed by atoms with Crippen LogP contribution in [0.25, 0.3) is 5.57 Å². The van der Waals surface area contributed by atoms with Crippen LogP contribution in [0.5, 0.6) is 0 Å². The van der Waals surface area contributed by atoms with E-state index in [0.717, 1.165) is 35.1 Å². The van der Waals surface area contributed by atoms with Gasteiger partial charge in [-0.15, -0.1) is 0 Å². The second-order valence-electron chi connectivity index (χ2n) is 12.7. The lowest BCUT2D eigenvalue weighted by Gasteiger charge is -2.57. The van der Waals surface area contributed by atoms with Crippen molar-refractivity contribution in [3.05, 3.63) is 94.3 Å². The van der Waals surface area contributed by atoms with E-state index < -0.39 is 17.4 Å². The first kappa shape index (κ1) is 27.5. The second-order valence-corrected chi connectivity index (χ2v) is 13.1. The van der Waals surface area contributed by atoms with Crippen molar-refractivity contribution in [3.63, 3.8) is 0 Å². The molecule has 4 aliphatic rings. The highest BCUT2D eigenvalue weighted by Gasteiger charge is 2.53. The molecule has 2 aromatic rings. The van der Waals surface area contributed by atoms with Crippen LogP contribution in [-0.2, 0) is 14.3 Å². The molecule has 2 unspecified atom stereocenters. The minimum atomic E-state index is -0.509. The van der Waals surface area contributed by atoms with Gasteiger partial charge in [0.25, 0.3) is 0 Å². The smallest absolute Gasteiger partial charge is 0.410 e. The van der Waals surface area contributed by atoms with Gasteiger partial charge in [-0.1, -0.05) is 65.7 Å². The van der Waals surface area contributed by atoms with Gasteiger partial charge in [-0.3, -0.25) is 14.5 Å². The van der Waals surface area contributed by atoms with E-state index >= 15 is 0 Å². The Kier molecular flexibility index (Phi) is 6.68. The molecule has 6 rings (SSSR count). The van der Waals surface area contributed by atoms with Crippen LogP contribution >= 0.6 is 11.6 Å². The zero-order valence-corrected chi connectivity index (χ0v) is 24.5. The van der Waals surface area contributed by atoms with Crippen LogP contribution < -0.4 is 0 Å². The van der Waals surface area contributed by atoms with Gasteiger partial charge in [0, 0.05) is 30.3 Å². The molecule has 0 radical (unpaired) electrons. The third-order valence-corrected chi connectivity index (χ3v) is 8.72. The lowest BCUT2D eigenvalue weighted by Crippen LogP contribution is -2.62. The van der Waals surface area contributed by atoms with Gasteiger partial charge in [0.1, 0.15) is 10.8 Å². The van der Waals surface area contributed by atoms with Crippen molar-refractivity contribution in [2.75, 3.05) is 13.1 Å². The summed E-state index contributed by atoms with van der Waals surface area (Å²) in [7, 11) is 0. The summed E-state index contributed by atoms with van der Waals surface area (Å²) in [5.41, 5.74) is 4.92. The van der Waals surface area contributed by atoms with Crippen LogP contribution in [0.4, 0.5) is 4.79 Å². The summed E-state index contributed by atoms with van der Waals surface area (Å²) in [5.74, 6) is -1.11. The van der Waals surface area contributed by atoms with E-state index in [2.05, 4.69) is 17.1 Å². The fourth-order valence-corrected chi connectivity index (χ4v) is 6.65. The molecule has 1 spiro atoms. The highest BCUT2D eigenvalue weighted by molar-refractivity contribution is 6.29. The van der Waals surface area contributed by atoms with Gasteiger partial charge in [0.2, 0.25) is 11.8 Å². The molecular formula is C33H34ClN3O4. The first-order valence-electron chi connectivity index (χ1n) is 14.1. The Morgan fingerprint density at radius 3 is 2.10 bits per heavy atom. The van der Waals surface area contributed by atoms with Crippen LogP contribution in [0.2, 0.25) is 5.15 Å². The monoisotopic (exact) mass is 571 g/mol. The number of carbonyl (C=O) groups excluding carboxylic acids is 3. The summed E-state index contributed by atoms with van der Waals surface area (Å²) in [4.78, 5) is 46.2. The maximum atomic E-state index is 13.1. The summed E-state index contributed by atoms with van der Waals surface area (Å²) in [6, 6.07) is 11.5. The molecule has 3 atom stereocenters. The van der Waals surface area contributed by atoms with Crippen molar-refractivity contribution in [1.82, 2.24) is 14.8 Å². The number of fused-ring (bicyclic) bond motifs is 1. The molecule has 41 heavy (non-hydrogen) atoms. The molecular weight excluding hydrogens is 538 g/mol. The van der Waals surface area contributed by atoms with Crippen molar-refractivity contribution < 1.29 is 19.1 Å². The Morgan fingerprint density at radius 1 is 0.976 bits per heavy atom. The summed E-state index contributed by atoms with van der Waals surface area (Å²) in [6.45, 7) is 8.93. The molecule has 2 aliphatic heterocycles. The van der Waals surface area contributed by atoms with E-state index in [-0.39, 0.29) is 29.4 Å². The Morgan fingerprint density at radius 2 is 1.56 bits per heavy atom. The number of hydrogen-bond donors (Lipinski definition) is 0. The second kappa shape index (κ2) is 9.98. The Bertz CT molecular complexity index is 1450. The Balaban J connectivity index is 1.22. The molecule has 1 saturated carbocycles. The molecule has 7 nitrogen and oxygen atoms in total. The van der Waals surface area contributed by atoms with Crippen molar-refractivity contribution in [2.45, 2.75) is 52.2 Å². The van der Waals surface area contributed by atoms with E-state index in [9.17, 15) is 14.4 Å². The van der Waals surface area contributed by atoms with E-state index in [1.54, 1.807) is 17.2 Å². The van der Waals surface area contributed by atoms with Crippen molar-refractivity contribution >= 4 is 35.1 Å². The van der Waals surface area contributed by atoms with Crippen LogP contribution in [0.1, 0.15) is 63.3 Å². The first-order valence-corrected chi connectivity index (χ1v) is 14.5. The molecule has 2 saturated heterocycles. The average molecular weight is 572 g/mol. The van der Waals surface area contributed by atoms with E-state index in [0.29, 0.717) is 18.2 Å². The van der Waals surface area contributed by atoms with Gasteiger partial charge in [0.15, 0.2) is 0 Å². The zero-order chi connectivity index (χ0) is 29.1. The van der Waals surface area contributed by atoms with Crippen molar-refractivity contribution in [2.24, 2.45) is 17.3 Å². The molecule has 0 N–H and O–H groups in total. The highest BCUT2D eigenvalue weighted by Crippen LogP contribution is 2.55. The van der Waals surface area contributed by atoms with Crippen molar-refractivity contribution in [3.8, 4) is 0 Å². The third kappa shape index (κ3) is 5.01. The number of imide groups is 1.